The topological polar surface area (TPSA) is 130 Å². The van der Waals surface area contributed by atoms with E-state index in [4.69, 9.17) is 0 Å². The summed E-state index contributed by atoms with van der Waals surface area (Å²) in [5.74, 6) is -1.63. The van der Waals surface area contributed by atoms with Gasteiger partial charge in [0.15, 0.2) is 0 Å². The summed E-state index contributed by atoms with van der Waals surface area (Å²) >= 11 is 1.03. The monoisotopic (exact) mass is 357 g/mol. The Labute approximate surface area is 151 Å². The summed E-state index contributed by atoms with van der Waals surface area (Å²) in [6.45, 7) is 5.04. The first-order valence-corrected chi connectivity index (χ1v) is 8.88. The number of carbonyl (C=O) groups excluding carboxylic acids is 2. The molecular formula is C17H19N5O2S. The quantitative estimate of drug-likeness (QED) is 0.768. The van der Waals surface area contributed by atoms with Gasteiger partial charge in [0.1, 0.15) is 11.5 Å². The number of hydrogen-bond donors (Lipinski definition) is 2. The second kappa shape index (κ2) is 6.78. The summed E-state index contributed by atoms with van der Waals surface area (Å²) in [4.78, 5) is 24.3. The fraction of sp³-hybridized carbons (Fsp3) is 0.588. The van der Waals surface area contributed by atoms with Crippen LogP contribution in [0.25, 0.3) is 0 Å². The summed E-state index contributed by atoms with van der Waals surface area (Å²) in [7, 11) is 0. The first-order chi connectivity index (χ1) is 11.7. The van der Waals surface area contributed by atoms with E-state index in [1.807, 2.05) is 12.1 Å². The molecule has 0 aromatic carbocycles. The molecule has 0 unspecified atom stereocenters. The van der Waals surface area contributed by atoms with Gasteiger partial charge in [0.05, 0.1) is 34.6 Å². The van der Waals surface area contributed by atoms with Crippen molar-refractivity contribution in [3.63, 3.8) is 0 Å². The minimum absolute atomic E-state index is 0.0297. The molecule has 1 heterocycles. The molecule has 0 saturated heterocycles. The van der Waals surface area contributed by atoms with Gasteiger partial charge in [-0.1, -0.05) is 25.6 Å². The smallest absolute Gasteiger partial charge is 0.243 e. The number of hydrogen-bond acceptors (Lipinski definition) is 6. The number of rotatable bonds is 5. The number of nitrogens with zero attached hydrogens (tertiary/aromatic N) is 3. The van der Waals surface area contributed by atoms with Gasteiger partial charge >= 0.3 is 0 Å². The van der Waals surface area contributed by atoms with Crippen LogP contribution in [0.2, 0.25) is 0 Å². The molecule has 2 N–H and O–H groups in total. The molecule has 0 bridgehead atoms. The maximum absolute atomic E-state index is 12.2. The SMILES string of the molecule is CC1(C)C(C#N)=C(SCC(=O)N[C@](C)(C#N)C2CC2)NC(=O)[C@@H]1C#N. The molecular weight excluding hydrogens is 338 g/mol. The standard InChI is InChI=1S/C17H19N5O2S/c1-16(2)11(6-18)14(24)21-15(12(16)7-19)25-8-13(23)22-17(3,9-20)10-4-5-10/h10-11H,4-5,8H2,1-3H3,(H,21,24)(H,22,23)/t11-,17+/m0/s1. The highest BCUT2D eigenvalue weighted by Gasteiger charge is 2.45. The van der Waals surface area contributed by atoms with Crippen molar-refractivity contribution in [3.05, 3.63) is 10.6 Å². The number of thioether (sulfide) groups is 1. The molecule has 0 aromatic rings. The number of amides is 2. The minimum atomic E-state index is -0.961. The van der Waals surface area contributed by atoms with Crippen molar-refractivity contribution in [2.75, 3.05) is 5.75 Å². The van der Waals surface area contributed by atoms with Gasteiger partial charge in [-0.15, -0.1) is 0 Å². The van der Waals surface area contributed by atoms with Crippen LogP contribution in [0, 0.1) is 51.2 Å². The second-order valence-electron chi connectivity index (χ2n) is 7.01. The van der Waals surface area contributed by atoms with Gasteiger partial charge in [-0.05, 0) is 25.7 Å². The number of allylic oxidation sites excluding steroid dienone is 1. The van der Waals surface area contributed by atoms with Gasteiger partial charge in [-0.25, -0.2) is 0 Å². The molecule has 8 heteroatoms. The second-order valence-corrected chi connectivity index (χ2v) is 8.00. The summed E-state index contributed by atoms with van der Waals surface area (Å²) < 4.78 is 0. The summed E-state index contributed by atoms with van der Waals surface area (Å²) in [6, 6.07) is 6.13. The Balaban J connectivity index is 2.11. The fourth-order valence-corrected chi connectivity index (χ4v) is 3.85. The van der Waals surface area contributed by atoms with E-state index in [2.05, 4.69) is 16.7 Å². The van der Waals surface area contributed by atoms with E-state index in [1.54, 1.807) is 20.8 Å². The molecule has 7 nitrogen and oxygen atoms in total. The predicted octanol–water partition coefficient (Wildman–Crippen LogP) is 1.56. The van der Waals surface area contributed by atoms with E-state index in [0.29, 0.717) is 5.03 Å². The maximum Gasteiger partial charge on any atom is 0.243 e. The molecule has 1 saturated carbocycles. The Morgan fingerprint density at radius 3 is 2.52 bits per heavy atom. The Morgan fingerprint density at radius 1 is 1.40 bits per heavy atom. The Bertz CT molecular complexity index is 763. The lowest BCUT2D eigenvalue weighted by atomic mass is 9.72. The normalized spacial score (nSPS) is 24.2. The number of nitrogens with one attached hydrogen (secondary N) is 2. The molecule has 2 aliphatic rings. The van der Waals surface area contributed by atoms with Crippen molar-refractivity contribution < 1.29 is 9.59 Å². The Hall–Kier alpha value is -2.50. The highest BCUT2D eigenvalue weighted by Crippen LogP contribution is 2.42. The molecule has 0 radical (unpaired) electrons. The van der Waals surface area contributed by atoms with E-state index in [1.165, 1.54) is 0 Å². The van der Waals surface area contributed by atoms with Crippen LogP contribution in [0.5, 0.6) is 0 Å². The van der Waals surface area contributed by atoms with Crippen molar-refractivity contribution in [2.24, 2.45) is 17.3 Å². The molecule has 1 aliphatic carbocycles. The van der Waals surface area contributed by atoms with Crippen molar-refractivity contribution in [1.82, 2.24) is 10.6 Å². The van der Waals surface area contributed by atoms with Crippen molar-refractivity contribution in [1.29, 1.82) is 15.8 Å². The van der Waals surface area contributed by atoms with Gasteiger partial charge < -0.3 is 10.6 Å². The molecule has 1 fully saturated rings. The van der Waals surface area contributed by atoms with Crippen LogP contribution in [0.1, 0.15) is 33.6 Å². The van der Waals surface area contributed by atoms with E-state index >= 15 is 0 Å². The summed E-state index contributed by atoms with van der Waals surface area (Å²) in [5.41, 5.74) is -1.54. The van der Waals surface area contributed by atoms with Gasteiger partial charge in [0, 0.05) is 5.41 Å². The third-order valence-electron chi connectivity index (χ3n) is 4.71. The van der Waals surface area contributed by atoms with E-state index < -0.39 is 22.8 Å². The molecule has 0 aromatic heterocycles. The lowest BCUT2D eigenvalue weighted by Gasteiger charge is -2.34. The van der Waals surface area contributed by atoms with Gasteiger partial charge in [-0.3, -0.25) is 9.59 Å². The van der Waals surface area contributed by atoms with Crippen molar-refractivity contribution >= 4 is 23.6 Å². The zero-order chi connectivity index (χ0) is 18.8. The van der Waals surface area contributed by atoms with Crippen LogP contribution >= 0.6 is 11.8 Å². The number of carbonyl (C=O) groups is 2. The Morgan fingerprint density at radius 2 is 2.04 bits per heavy atom. The number of nitriles is 3. The zero-order valence-electron chi connectivity index (χ0n) is 14.3. The van der Waals surface area contributed by atoms with E-state index in [-0.39, 0.29) is 23.2 Å². The molecule has 2 atom stereocenters. The first kappa shape index (κ1) is 18.8. The molecule has 0 spiro atoms. The lowest BCUT2D eigenvalue weighted by molar-refractivity contribution is -0.125. The van der Waals surface area contributed by atoms with Gasteiger partial charge in [-0.2, -0.15) is 15.8 Å². The van der Waals surface area contributed by atoms with Crippen LogP contribution in [0.4, 0.5) is 0 Å². The molecule has 130 valence electrons. The minimum Gasteiger partial charge on any atom is -0.337 e. The van der Waals surface area contributed by atoms with Crippen LogP contribution in [-0.4, -0.2) is 23.1 Å². The molecule has 2 amide bonds. The summed E-state index contributed by atoms with van der Waals surface area (Å²) in [6.07, 6.45) is 1.84. The first-order valence-electron chi connectivity index (χ1n) is 7.90. The van der Waals surface area contributed by atoms with Gasteiger partial charge in [0.2, 0.25) is 11.8 Å². The fourth-order valence-electron chi connectivity index (χ4n) is 2.88. The van der Waals surface area contributed by atoms with Crippen molar-refractivity contribution in [2.45, 2.75) is 39.2 Å². The average Bonchev–Trinajstić information content (AvgIpc) is 3.37. The molecule has 25 heavy (non-hydrogen) atoms. The summed E-state index contributed by atoms with van der Waals surface area (Å²) in [5, 5.41) is 33.5. The van der Waals surface area contributed by atoms with E-state index in [0.717, 1.165) is 24.6 Å². The van der Waals surface area contributed by atoms with Gasteiger partial charge in [0.25, 0.3) is 0 Å². The maximum atomic E-state index is 12.2. The third-order valence-corrected chi connectivity index (χ3v) is 5.71. The third kappa shape index (κ3) is 3.62. The lowest BCUT2D eigenvalue weighted by Crippen LogP contribution is -2.48. The zero-order valence-corrected chi connectivity index (χ0v) is 15.2. The molecule has 1 aliphatic heterocycles. The average molecular weight is 357 g/mol. The van der Waals surface area contributed by atoms with Crippen LogP contribution in [0.15, 0.2) is 10.6 Å². The van der Waals surface area contributed by atoms with Crippen LogP contribution < -0.4 is 10.6 Å². The van der Waals surface area contributed by atoms with Crippen LogP contribution in [0.3, 0.4) is 0 Å². The predicted molar refractivity (Wildman–Crippen MR) is 91.0 cm³/mol. The highest BCUT2D eigenvalue weighted by molar-refractivity contribution is 8.03. The Kier molecular flexibility index (Phi) is 5.11. The highest BCUT2D eigenvalue weighted by atomic mass is 32.2. The van der Waals surface area contributed by atoms with Crippen LogP contribution in [-0.2, 0) is 9.59 Å². The largest absolute Gasteiger partial charge is 0.337 e. The molecule has 2 rings (SSSR count). The van der Waals surface area contributed by atoms with Crippen molar-refractivity contribution in [3.8, 4) is 18.2 Å². The van der Waals surface area contributed by atoms with E-state index in [9.17, 15) is 25.4 Å².